The molecule has 1 unspecified atom stereocenters. The number of hydrogen-bond donors (Lipinski definition) is 2. The Morgan fingerprint density at radius 1 is 1.29 bits per heavy atom. The topological polar surface area (TPSA) is 64.3 Å². The molecular weight excluding hydrogens is 300 g/mol. The number of nitrogens with one attached hydrogen (secondary N) is 1. The third kappa shape index (κ3) is 7.08. The van der Waals surface area contributed by atoms with Crippen LogP contribution in [0.2, 0.25) is 0 Å². The Balaban J connectivity index is 2.71. The molecule has 1 aliphatic carbocycles. The van der Waals surface area contributed by atoms with Gasteiger partial charge >= 0.3 is 5.97 Å². The highest BCUT2D eigenvalue weighted by molar-refractivity contribution is 5.90. The summed E-state index contributed by atoms with van der Waals surface area (Å²) in [6.45, 7) is 8.23. The molecule has 138 valence electrons. The lowest BCUT2D eigenvalue weighted by molar-refractivity contribution is -0.139. The maximum atomic E-state index is 12.2. The minimum atomic E-state index is -0.249. The van der Waals surface area contributed by atoms with Gasteiger partial charge in [-0.05, 0) is 49.7 Å². The molecule has 0 aromatic heterocycles. The van der Waals surface area contributed by atoms with E-state index in [1.807, 2.05) is 6.92 Å². The molecule has 0 radical (unpaired) electrons. The lowest BCUT2D eigenvalue weighted by Gasteiger charge is -2.22. The number of unbranched alkanes of at least 4 members (excludes halogenated alkanes) is 1. The summed E-state index contributed by atoms with van der Waals surface area (Å²) in [6, 6.07) is 0. The molecule has 1 aliphatic rings. The van der Waals surface area contributed by atoms with E-state index in [1.54, 1.807) is 0 Å². The summed E-state index contributed by atoms with van der Waals surface area (Å²) < 4.78 is 5.27. The van der Waals surface area contributed by atoms with Gasteiger partial charge in [-0.25, -0.2) is 4.79 Å². The fourth-order valence-electron chi connectivity index (χ4n) is 3.05. The molecule has 24 heavy (non-hydrogen) atoms. The maximum Gasteiger partial charge on any atom is 0.335 e. The van der Waals surface area contributed by atoms with Crippen molar-refractivity contribution in [2.75, 3.05) is 19.7 Å². The highest BCUT2D eigenvalue weighted by atomic mass is 16.5. The van der Waals surface area contributed by atoms with Gasteiger partial charge in [0.15, 0.2) is 0 Å². The van der Waals surface area contributed by atoms with Crippen LogP contribution in [0.1, 0.15) is 72.1 Å². The van der Waals surface area contributed by atoms with Gasteiger partial charge in [-0.2, -0.15) is 0 Å². The zero-order valence-corrected chi connectivity index (χ0v) is 15.8. The van der Waals surface area contributed by atoms with E-state index in [4.69, 9.17) is 10.5 Å². The van der Waals surface area contributed by atoms with E-state index in [-0.39, 0.29) is 12.5 Å². The van der Waals surface area contributed by atoms with E-state index >= 15 is 0 Å². The van der Waals surface area contributed by atoms with Crippen LogP contribution in [0, 0.1) is 5.92 Å². The van der Waals surface area contributed by atoms with E-state index in [0.717, 1.165) is 43.7 Å². The summed E-state index contributed by atoms with van der Waals surface area (Å²) in [5.74, 6) is 0.477. The second kappa shape index (κ2) is 12.1. The summed E-state index contributed by atoms with van der Waals surface area (Å²) in [5.41, 5.74) is 8.74. The van der Waals surface area contributed by atoms with Crippen molar-refractivity contribution in [3.63, 3.8) is 0 Å². The molecule has 0 heterocycles. The van der Waals surface area contributed by atoms with Gasteiger partial charge in [-0.15, -0.1) is 0 Å². The van der Waals surface area contributed by atoms with Crippen molar-refractivity contribution in [1.82, 2.24) is 5.32 Å². The zero-order valence-electron chi connectivity index (χ0n) is 15.8. The summed E-state index contributed by atoms with van der Waals surface area (Å²) in [4.78, 5) is 12.2. The van der Waals surface area contributed by atoms with E-state index in [0.29, 0.717) is 12.2 Å². The molecule has 0 aromatic carbocycles. The summed E-state index contributed by atoms with van der Waals surface area (Å²) in [7, 11) is 0. The Morgan fingerprint density at radius 2 is 2.08 bits per heavy atom. The van der Waals surface area contributed by atoms with Crippen molar-refractivity contribution in [3.05, 3.63) is 22.9 Å². The van der Waals surface area contributed by atoms with E-state index in [9.17, 15) is 4.79 Å². The first-order valence-electron chi connectivity index (χ1n) is 9.69. The molecule has 3 N–H and O–H groups in total. The molecule has 0 fully saturated rings. The summed E-state index contributed by atoms with van der Waals surface area (Å²) >= 11 is 0. The molecule has 0 saturated heterocycles. The van der Waals surface area contributed by atoms with Gasteiger partial charge in [0.05, 0.1) is 12.2 Å². The molecular formula is C20H36N2O2. The van der Waals surface area contributed by atoms with Crippen LogP contribution in [0.25, 0.3) is 0 Å². The molecule has 0 aliphatic heterocycles. The first kappa shape index (κ1) is 20.8. The molecule has 0 bridgehead atoms. The van der Waals surface area contributed by atoms with E-state index < -0.39 is 0 Å². The van der Waals surface area contributed by atoms with E-state index in [2.05, 4.69) is 25.2 Å². The first-order valence-corrected chi connectivity index (χ1v) is 9.69. The highest BCUT2D eigenvalue weighted by Crippen LogP contribution is 2.24. The van der Waals surface area contributed by atoms with Crippen molar-refractivity contribution in [1.29, 1.82) is 0 Å². The highest BCUT2D eigenvalue weighted by Gasteiger charge is 2.18. The fourth-order valence-corrected chi connectivity index (χ4v) is 3.05. The number of hydrogen-bond acceptors (Lipinski definition) is 4. The second-order valence-electron chi connectivity index (χ2n) is 6.66. The van der Waals surface area contributed by atoms with Crippen molar-refractivity contribution in [2.24, 2.45) is 11.7 Å². The van der Waals surface area contributed by atoms with Crippen molar-refractivity contribution < 1.29 is 9.53 Å². The van der Waals surface area contributed by atoms with Gasteiger partial charge in [0.1, 0.15) is 0 Å². The van der Waals surface area contributed by atoms with Crippen LogP contribution >= 0.6 is 0 Å². The van der Waals surface area contributed by atoms with Gasteiger partial charge in [0, 0.05) is 18.8 Å². The third-order valence-corrected chi connectivity index (χ3v) is 4.68. The molecule has 0 aromatic rings. The quantitative estimate of drug-likeness (QED) is 0.441. The van der Waals surface area contributed by atoms with Crippen LogP contribution in [0.4, 0.5) is 0 Å². The number of allylic oxidation sites excluding steroid dienone is 3. The number of nitrogens with two attached hydrogens (primary N) is 1. The lowest BCUT2D eigenvalue weighted by Crippen LogP contribution is -2.24. The average Bonchev–Trinajstić information content (AvgIpc) is 2.61. The van der Waals surface area contributed by atoms with Gasteiger partial charge < -0.3 is 15.8 Å². The monoisotopic (exact) mass is 336 g/mol. The largest absolute Gasteiger partial charge is 0.462 e. The maximum absolute atomic E-state index is 12.2. The van der Waals surface area contributed by atoms with Crippen LogP contribution in [0.5, 0.6) is 0 Å². The Kier molecular flexibility index (Phi) is 10.5. The zero-order chi connectivity index (χ0) is 17.8. The normalized spacial score (nSPS) is 17.9. The Morgan fingerprint density at radius 3 is 2.71 bits per heavy atom. The minimum Gasteiger partial charge on any atom is -0.462 e. The lowest BCUT2D eigenvalue weighted by atomic mass is 9.94. The average molecular weight is 337 g/mol. The van der Waals surface area contributed by atoms with Gasteiger partial charge in [-0.1, -0.05) is 40.0 Å². The van der Waals surface area contributed by atoms with Crippen molar-refractivity contribution >= 4 is 5.97 Å². The summed E-state index contributed by atoms with van der Waals surface area (Å²) in [6.07, 6.45) is 11.0. The smallest absolute Gasteiger partial charge is 0.335 e. The van der Waals surface area contributed by atoms with Crippen LogP contribution in [-0.4, -0.2) is 25.7 Å². The van der Waals surface area contributed by atoms with Crippen molar-refractivity contribution in [3.8, 4) is 0 Å². The number of carbonyl (C=O) groups excluding carboxylic acids is 1. The Labute approximate surface area is 147 Å². The Bertz CT molecular complexity index is 441. The molecule has 1 rings (SSSR count). The van der Waals surface area contributed by atoms with Gasteiger partial charge in [-0.3, -0.25) is 0 Å². The number of rotatable bonds is 11. The van der Waals surface area contributed by atoms with Crippen molar-refractivity contribution in [2.45, 2.75) is 72.1 Å². The SMILES string of the molecule is CCCCC(CC)CNC1=C/C(=C(/CN)C(=O)OCCC)CCC1. The first-order chi connectivity index (χ1) is 11.7. The molecule has 4 heteroatoms. The predicted octanol–water partition coefficient (Wildman–Crippen LogP) is 4.07. The van der Waals surface area contributed by atoms with Gasteiger partial charge in [0.2, 0.25) is 0 Å². The molecule has 1 atom stereocenters. The molecule has 0 amide bonds. The second-order valence-corrected chi connectivity index (χ2v) is 6.66. The Hall–Kier alpha value is -1.29. The molecule has 4 nitrogen and oxygen atoms in total. The minimum absolute atomic E-state index is 0.246. The van der Waals surface area contributed by atoms with Crippen LogP contribution in [0.15, 0.2) is 22.9 Å². The van der Waals surface area contributed by atoms with Gasteiger partial charge in [0.25, 0.3) is 0 Å². The predicted molar refractivity (Wildman–Crippen MR) is 101 cm³/mol. The standard InChI is InChI=1S/C20H36N2O2/c1-4-7-9-16(6-3)15-22-18-11-8-10-17(13-18)19(14-21)20(23)24-12-5-2/h13,16,22H,4-12,14-15,21H2,1-3H3/b19-17-. The molecule has 0 spiro atoms. The van der Waals surface area contributed by atoms with Crippen LogP contribution in [-0.2, 0) is 9.53 Å². The fraction of sp³-hybridized carbons (Fsp3) is 0.750. The number of ether oxygens (including phenoxy) is 1. The third-order valence-electron chi connectivity index (χ3n) is 4.68. The molecule has 0 saturated carbocycles. The van der Waals surface area contributed by atoms with Crippen LogP contribution in [0.3, 0.4) is 0 Å². The van der Waals surface area contributed by atoms with Crippen LogP contribution < -0.4 is 11.1 Å². The van der Waals surface area contributed by atoms with E-state index in [1.165, 1.54) is 31.4 Å². The number of esters is 1. The summed E-state index contributed by atoms with van der Waals surface area (Å²) in [5, 5.41) is 3.61. The number of carbonyl (C=O) groups is 1.